The second kappa shape index (κ2) is 10.9. The van der Waals surface area contributed by atoms with Crippen molar-refractivity contribution in [1.29, 1.82) is 0 Å². The molecule has 1 fully saturated rings. The normalized spacial score (nSPS) is 20.1. The number of benzene rings is 2. The van der Waals surface area contributed by atoms with E-state index in [-0.39, 0.29) is 6.42 Å². The number of aromatic nitrogens is 4. The summed E-state index contributed by atoms with van der Waals surface area (Å²) < 4.78 is 23.4. The van der Waals surface area contributed by atoms with E-state index in [1.807, 2.05) is 72.8 Å². The summed E-state index contributed by atoms with van der Waals surface area (Å²) in [4.78, 5) is 31.7. The Morgan fingerprint density at radius 3 is 2.54 bits per heavy atom. The highest BCUT2D eigenvalue weighted by atomic mass is 31.2. The minimum atomic E-state index is -4.71. The van der Waals surface area contributed by atoms with Gasteiger partial charge in [0.1, 0.15) is 24.2 Å². The van der Waals surface area contributed by atoms with Gasteiger partial charge in [0, 0.05) is 13.0 Å². The number of rotatable bonds is 9. The molecule has 0 aliphatic carbocycles. The summed E-state index contributed by atoms with van der Waals surface area (Å²) in [5, 5.41) is 13.9. The molecule has 2 aromatic heterocycles. The molecule has 192 valence electrons. The lowest BCUT2D eigenvalue weighted by molar-refractivity contribution is -0.0417. The van der Waals surface area contributed by atoms with Gasteiger partial charge in [0.2, 0.25) is 5.95 Å². The van der Waals surface area contributed by atoms with E-state index >= 15 is 0 Å². The molecular formula is C25H26N5O6P. The number of phosphoric ester groups is 1. The number of phosphoric acid groups is 1. The molecule has 2 aromatic carbocycles. The fourth-order valence-corrected chi connectivity index (χ4v) is 4.50. The zero-order chi connectivity index (χ0) is 25.8. The third-order valence-electron chi connectivity index (χ3n) is 5.93. The average Bonchev–Trinajstić information content (AvgIpc) is 3.45. The summed E-state index contributed by atoms with van der Waals surface area (Å²) in [5.41, 5.74) is 3.68. The first-order valence-electron chi connectivity index (χ1n) is 11.6. The largest absolute Gasteiger partial charge is 0.469 e. The molecule has 4 aromatic rings. The quantitative estimate of drug-likeness (QED) is 0.240. The number of anilines is 1. The van der Waals surface area contributed by atoms with E-state index in [0.717, 1.165) is 11.1 Å². The van der Waals surface area contributed by atoms with Crippen molar-refractivity contribution in [1.82, 2.24) is 19.5 Å². The lowest BCUT2D eigenvalue weighted by Crippen LogP contribution is -2.26. The van der Waals surface area contributed by atoms with Crippen molar-refractivity contribution in [2.75, 3.05) is 11.9 Å². The van der Waals surface area contributed by atoms with E-state index in [2.05, 4.69) is 19.8 Å². The van der Waals surface area contributed by atoms with Crippen LogP contribution >= 0.6 is 7.82 Å². The van der Waals surface area contributed by atoms with Gasteiger partial charge in [0.05, 0.1) is 18.4 Å². The van der Waals surface area contributed by atoms with Crippen molar-refractivity contribution in [3.8, 4) is 0 Å². The molecular weight excluding hydrogens is 497 g/mol. The predicted octanol–water partition coefficient (Wildman–Crippen LogP) is 3.37. The molecule has 11 nitrogen and oxygen atoms in total. The zero-order valence-corrected chi connectivity index (χ0v) is 20.6. The first-order valence-corrected chi connectivity index (χ1v) is 13.2. The number of nitrogens with zero attached hydrogens (tertiary/aromatic N) is 4. The van der Waals surface area contributed by atoms with Gasteiger partial charge in [0.15, 0.2) is 5.65 Å². The van der Waals surface area contributed by atoms with Crippen LogP contribution in [0.15, 0.2) is 67.0 Å². The van der Waals surface area contributed by atoms with E-state index in [9.17, 15) is 9.67 Å². The maximum atomic E-state index is 11.1. The SMILES string of the molecule is O=P(O)(O)OC[C@H]1O[C@@H](n2c(NCc3ccccc3)nc3c(/C=C/c4ccccc4)ncnc32)C[C@@H]1O. The molecule has 0 bridgehead atoms. The van der Waals surface area contributed by atoms with Gasteiger partial charge in [0.25, 0.3) is 0 Å². The van der Waals surface area contributed by atoms with Gasteiger partial charge >= 0.3 is 7.82 Å². The highest BCUT2D eigenvalue weighted by molar-refractivity contribution is 7.46. The Kier molecular flexibility index (Phi) is 7.43. The molecule has 37 heavy (non-hydrogen) atoms. The number of ether oxygens (including phenoxy) is 1. The lowest BCUT2D eigenvalue weighted by atomic mass is 10.2. The second-order valence-corrected chi connectivity index (χ2v) is 9.78. The summed E-state index contributed by atoms with van der Waals surface area (Å²) in [7, 11) is -4.71. The number of hydrogen-bond acceptors (Lipinski definition) is 8. The zero-order valence-electron chi connectivity index (χ0n) is 19.7. The molecule has 3 heterocycles. The molecule has 0 amide bonds. The summed E-state index contributed by atoms with van der Waals surface area (Å²) >= 11 is 0. The molecule has 5 rings (SSSR count). The first-order chi connectivity index (χ1) is 17.9. The van der Waals surface area contributed by atoms with Crippen LogP contribution in [0.2, 0.25) is 0 Å². The molecule has 0 spiro atoms. The first kappa shape index (κ1) is 25.2. The van der Waals surface area contributed by atoms with Crippen molar-refractivity contribution in [2.24, 2.45) is 0 Å². The van der Waals surface area contributed by atoms with Crippen LogP contribution in [0, 0.1) is 0 Å². The van der Waals surface area contributed by atoms with Crippen LogP contribution in [0.5, 0.6) is 0 Å². The van der Waals surface area contributed by atoms with E-state index in [4.69, 9.17) is 19.5 Å². The molecule has 0 radical (unpaired) electrons. The van der Waals surface area contributed by atoms with E-state index in [0.29, 0.717) is 29.4 Å². The maximum absolute atomic E-state index is 11.1. The molecule has 4 N–H and O–H groups in total. The average molecular weight is 523 g/mol. The maximum Gasteiger partial charge on any atom is 0.469 e. The Morgan fingerprint density at radius 2 is 1.81 bits per heavy atom. The fraction of sp³-hybridized carbons (Fsp3) is 0.240. The highest BCUT2D eigenvalue weighted by Crippen LogP contribution is 2.39. The molecule has 3 atom stereocenters. The summed E-state index contributed by atoms with van der Waals surface area (Å²) in [5.74, 6) is 0.461. The van der Waals surface area contributed by atoms with Gasteiger partial charge in [-0.05, 0) is 17.2 Å². The van der Waals surface area contributed by atoms with Gasteiger partial charge in [-0.2, -0.15) is 0 Å². The standard InChI is InChI=1S/C25H26N5O6P/c31-20-13-22(36-21(20)15-35-37(32,33)34)30-24-23(29-25(30)26-14-18-9-5-2-6-10-18)19(27-16-28-24)12-11-17-7-3-1-4-8-17/h1-12,16,20-22,31H,13-15H2,(H,26,29)(H2,32,33,34)/b12-11+/t20-,21+,22+/m0/s1. The number of aliphatic hydroxyl groups excluding tert-OH is 1. The highest BCUT2D eigenvalue weighted by Gasteiger charge is 2.38. The minimum absolute atomic E-state index is 0.153. The molecule has 1 saturated heterocycles. The van der Waals surface area contributed by atoms with Gasteiger partial charge < -0.3 is 24.9 Å². The number of hydrogen-bond donors (Lipinski definition) is 4. The van der Waals surface area contributed by atoms with Gasteiger partial charge in [-0.3, -0.25) is 9.09 Å². The fourth-order valence-electron chi connectivity index (χ4n) is 4.16. The molecule has 1 aliphatic heterocycles. The van der Waals surface area contributed by atoms with Crippen molar-refractivity contribution in [2.45, 2.75) is 31.4 Å². The topological polar surface area (TPSA) is 152 Å². The number of aliphatic hydroxyl groups is 1. The Balaban J connectivity index is 1.49. The Morgan fingerprint density at radius 1 is 1.08 bits per heavy atom. The summed E-state index contributed by atoms with van der Waals surface area (Å²) in [6.45, 7) is 0.0220. The number of nitrogens with one attached hydrogen (secondary N) is 1. The van der Waals surface area contributed by atoms with Crippen LogP contribution in [0.25, 0.3) is 23.3 Å². The summed E-state index contributed by atoms with van der Waals surface area (Å²) in [6, 6.07) is 19.6. The van der Waals surface area contributed by atoms with Crippen molar-refractivity contribution in [3.05, 3.63) is 83.8 Å². The monoisotopic (exact) mass is 523 g/mol. The van der Waals surface area contributed by atoms with Crippen molar-refractivity contribution in [3.63, 3.8) is 0 Å². The molecule has 1 aliphatic rings. The van der Waals surface area contributed by atoms with Gasteiger partial charge in [-0.25, -0.2) is 19.5 Å². The van der Waals surface area contributed by atoms with Crippen LogP contribution < -0.4 is 5.32 Å². The second-order valence-electron chi connectivity index (χ2n) is 8.54. The Hall–Kier alpha value is -3.44. The van der Waals surface area contributed by atoms with Crippen LogP contribution in [-0.4, -0.2) is 53.2 Å². The Bertz CT molecular complexity index is 1430. The van der Waals surface area contributed by atoms with Gasteiger partial charge in [-0.1, -0.05) is 66.7 Å². The number of fused-ring (bicyclic) bond motifs is 1. The third kappa shape index (κ3) is 6.11. The van der Waals surface area contributed by atoms with Gasteiger partial charge in [-0.15, -0.1) is 0 Å². The van der Waals surface area contributed by atoms with E-state index in [1.165, 1.54) is 6.33 Å². The third-order valence-corrected chi connectivity index (χ3v) is 6.42. The van der Waals surface area contributed by atoms with E-state index < -0.39 is 32.9 Å². The summed E-state index contributed by atoms with van der Waals surface area (Å²) in [6.07, 6.45) is 2.74. The predicted molar refractivity (Wildman–Crippen MR) is 137 cm³/mol. The van der Waals surface area contributed by atoms with Crippen molar-refractivity contribution < 1.29 is 28.7 Å². The Labute approximate surface area is 212 Å². The van der Waals surface area contributed by atoms with Crippen LogP contribution in [0.4, 0.5) is 5.95 Å². The van der Waals surface area contributed by atoms with Crippen LogP contribution in [-0.2, 0) is 20.4 Å². The van der Waals surface area contributed by atoms with Crippen LogP contribution in [0.3, 0.4) is 0 Å². The number of imidazole rings is 1. The molecule has 0 unspecified atom stereocenters. The van der Waals surface area contributed by atoms with Crippen LogP contribution in [0.1, 0.15) is 29.5 Å². The lowest BCUT2D eigenvalue weighted by Gasteiger charge is -2.18. The molecule has 0 saturated carbocycles. The smallest absolute Gasteiger partial charge is 0.390 e. The molecule has 12 heteroatoms. The minimum Gasteiger partial charge on any atom is -0.390 e. The van der Waals surface area contributed by atoms with Crippen molar-refractivity contribution >= 4 is 37.1 Å². The van der Waals surface area contributed by atoms with E-state index in [1.54, 1.807) is 4.57 Å².